The van der Waals surface area contributed by atoms with Crippen LogP contribution in [0.1, 0.15) is 5.56 Å². The molecule has 0 unspecified atom stereocenters. The van der Waals surface area contributed by atoms with Gasteiger partial charge in [-0.05, 0) is 24.3 Å². The van der Waals surface area contributed by atoms with Crippen molar-refractivity contribution in [2.45, 2.75) is 6.61 Å². The monoisotopic (exact) mass is 296 g/mol. The van der Waals surface area contributed by atoms with Crippen molar-refractivity contribution in [1.82, 2.24) is 0 Å². The van der Waals surface area contributed by atoms with Crippen LogP contribution in [0.5, 0.6) is 11.5 Å². The van der Waals surface area contributed by atoms with Gasteiger partial charge in [0, 0.05) is 10.0 Å². The normalized spacial score (nSPS) is 10.3. The molecule has 0 atom stereocenters. The van der Waals surface area contributed by atoms with E-state index in [1.54, 1.807) is 24.3 Å². The lowest BCUT2D eigenvalue weighted by atomic mass is 10.2. The number of hydrogen-bond acceptors (Lipinski definition) is 2. The van der Waals surface area contributed by atoms with Crippen molar-refractivity contribution < 1.29 is 14.2 Å². The second kappa shape index (κ2) is 5.29. The Labute approximate surface area is 107 Å². The van der Waals surface area contributed by atoms with Crippen molar-refractivity contribution in [3.63, 3.8) is 0 Å². The molecule has 0 saturated heterocycles. The molecule has 2 aromatic rings. The molecule has 0 heterocycles. The van der Waals surface area contributed by atoms with Crippen molar-refractivity contribution >= 4 is 15.9 Å². The van der Waals surface area contributed by atoms with Gasteiger partial charge in [-0.1, -0.05) is 34.1 Å². The van der Waals surface area contributed by atoms with Gasteiger partial charge in [0.15, 0.2) is 11.6 Å². The Balaban J connectivity index is 2.35. The van der Waals surface area contributed by atoms with Crippen LogP contribution in [0.4, 0.5) is 4.39 Å². The van der Waals surface area contributed by atoms with Gasteiger partial charge in [-0.3, -0.25) is 0 Å². The summed E-state index contributed by atoms with van der Waals surface area (Å²) in [5.74, 6) is 0.0869. The Kier molecular flexibility index (Phi) is 3.76. The number of hydrogen-bond donors (Lipinski definition) is 1. The van der Waals surface area contributed by atoms with E-state index in [1.165, 1.54) is 12.1 Å². The summed E-state index contributed by atoms with van der Waals surface area (Å²) in [5.41, 5.74) is 0.421. The smallest absolute Gasteiger partial charge is 0.168 e. The molecule has 0 aliphatic carbocycles. The first-order valence-electron chi connectivity index (χ1n) is 5.02. The van der Waals surface area contributed by atoms with Crippen LogP contribution in [0, 0.1) is 5.82 Å². The number of aliphatic hydroxyl groups excluding tert-OH is 1. The van der Waals surface area contributed by atoms with Crippen LogP contribution in [0.2, 0.25) is 0 Å². The molecule has 4 heteroatoms. The first-order chi connectivity index (χ1) is 8.20. The van der Waals surface area contributed by atoms with Crippen molar-refractivity contribution in [2.75, 3.05) is 0 Å². The van der Waals surface area contributed by atoms with Gasteiger partial charge in [0.25, 0.3) is 0 Å². The summed E-state index contributed by atoms with van der Waals surface area (Å²) in [4.78, 5) is 0. The second-order valence-electron chi connectivity index (χ2n) is 3.45. The van der Waals surface area contributed by atoms with Crippen molar-refractivity contribution in [3.8, 4) is 11.5 Å². The maximum atomic E-state index is 13.6. The molecule has 0 fully saturated rings. The molecule has 0 saturated carbocycles. The topological polar surface area (TPSA) is 29.5 Å². The number of rotatable bonds is 3. The molecule has 0 amide bonds. The van der Waals surface area contributed by atoms with Crippen LogP contribution in [-0.2, 0) is 6.61 Å². The molecule has 88 valence electrons. The zero-order valence-electron chi connectivity index (χ0n) is 8.86. The van der Waals surface area contributed by atoms with E-state index in [4.69, 9.17) is 9.84 Å². The molecule has 2 nitrogen and oxygen atoms in total. The van der Waals surface area contributed by atoms with E-state index in [0.717, 1.165) is 4.47 Å². The molecule has 0 radical (unpaired) electrons. The summed E-state index contributed by atoms with van der Waals surface area (Å²) < 4.78 is 19.9. The highest BCUT2D eigenvalue weighted by molar-refractivity contribution is 9.10. The lowest BCUT2D eigenvalue weighted by Crippen LogP contribution is -1.94. The Morgan fingerprint density at radius 3 is 2.65 bits per heavy atom. The number of aliphatic hydroxyl groups is 1. The van der Waals surface area contributed by atoms with Crippen LogP contribution < -0.4 is 4.74 Å². The van der Waals surface area contributed by atoms with Gasteiger partial charge in [0.2, 0.25) is 0 Å². The highest BCUT2D eigenvalue weighted by Crippen LogP contribution is 2.29. The standard InChI is InChI=1S/C13H10BrFO2/c14-10-4-2-5-11(7-10)17-13-9(8-16)3-1-6-12(13)15/h1-7,16H,8H2. The molecule has 0 aliphatic heterocycles. The average molecular weight is 297 g/mol. The van der Waals surface area contributed by atoms with Crippen LogP contribution in [0.15, 0.2) is 46.9 Å². The molecule has 0 spiro atoms. The van der Waals surface area contributed by atoms with Gasteiger partial charge in [0.1, 0.15) is 5.75 Å². The Morgan fingerprint density at radius 2 is 1.94 bits per heavy atom. The molecule has 2 aromatic carbocycles. The highest BCUT2D eigenvalue weighted by atomic mass is 79.9. The zero-order chi connectivity index (χ0) is 12.3. The van der Waals surface area contributed by atoms with E-state index >= 15 is 0 Å². The van der Waals surface area contributed by atoms with E-state index < -0.39 is 5.82 Å². The molecule has 0 aromatic heterocycles. The minimum atomic E-state index is -0.489. The maximum absolute atomic E-state index is 13.6. The third kappa shape index (κ3) is 2.84. The van der Waals surface area contributed by atoms with Gasteiger partial charge in [-0.25, -0.2) is 4.39 Å². The highest BCUT2D eigenvalue weighted by Gasteiger charge is 2.10. The fraction of sp³-hybridized carbons (Fsp3) is 0.0769. The van der Waals surface area contributed by atoms with Crippen molar-refractivity contribution in [2.24, 2.45) is 0 Å². The maximum Gasteiger partial charge on any atom is 0.168 e. The molecule has 2 rings (SSSR count). The van der Waals surface area contributed by atoms with Gasteiger partial charge in [0.05, 0.1) is 6.61 Å². The molecule has 1 N–H and O–H groups in total. The zero-order valence-corrected chi connectivity index (χ0v) is 10.4. The molecule has 0 aliphatic rings. The van der Waals surface area contributed by atoms with Crippen molar-refractivity contribution in [3.05, 3.63) is 58.3 Å². The van der Waals surface area contributed by atoms with Crippen LogP contribution in [-0.4, -0.2) is 5.11 Å². The summed E-state index contributed by atoms with van der Waals surface area (Å²) in [6.07, 6.45) is 0. The van der Waals surface area contributed by atoms with Gasteiger partial charge in [-0.2, -0.15) is 0 Å². The first-order valence-corrected chi connectivity index (χ1v) is 5.81. The SMILES string of the molecule is OCc1cccc(F)c1Oc1cccc(Br)c1. The van der Waals surface area contributed by atoms with E-state index in [0.29, 0.717) is 11.3 Å². The lowest BCUT2D eigenvalue weighted by molar-refractivity contribution is 0.274. The molecular weight excluding hydrogens is 287 g/mol. The number of benzene rings is 2. The Morgan fingerprint density at radius 1 is 1.18 bits per heavy atom. The average Bonchev–Trinajstić information content (AvgIpc) is 2.32. The number of para-hydroxylation sites is 1. The Bertz CT molecular complexity index is 529. The summed E-state index contributed by atoms with van der Waals surface area (Å²) in [5, 5.41) is 9.12. The van der Waals surface area contributed by atoms with Crippen molar-refractivity contribution in [1.29, 1.82) is 0 Å². The fourth-order valence-electron chi connectivity index (χ4n) is 1.44. The van der Waals surface area contributed by atoms with Gasteiger partial charge >= 0.3 is 0 Å². The van der Waals surface area contributed by atoms with E-state index in [9.17, 15) is 4.39 Å². The Hall–Kier alpha value is -1.39. The fourth-order valence-corrected chi connectivity index (χ4v) is 1.82. The number of ether oxygens (including phenoxy) is 1. The quantitative estimate of drug-likeness (QED) is 0.931. The molecular formula is C13H10BrFO2. The first kappa shape index (κ1) is 12.1. The molecule has 17 heavy (non-hydrogen) atoms. The summed E-state index contributed by atoms with van der Waals surface area (Å²) >= 11 is 3.31. The minimum absolute atomic E-state index is 0.0631. The van der Waals surface area contributed by atoms with Gasteiger partial charge < -0.3 is 9.84 Å². The second-order valence-corrected chi connectivity index (χ2v) is 4.36. The van der Waals surface area contributed by atoms with Crippen LogP contribution >= 0.6 is 15.9 Å². The van der Waals surface area contributed by atoms with Crippen LogP contribution in [0.25, 0.3) is 0 Å². The number of halogens is 2. The van der Waals surface area contributed by atoms with E-state index in [1.807, 2.05) is 6.07 Å². The minimum Gasteiger partial charge on any atom is -0.454 e. The third-order valence-corrected chi connectivity index (χ3v) is 2.73. The summed E-state index contributed by atoms with van der Waals surface area (Å²) in [6.45, 7) is -0.263. The molecule has 0 bridgehead atoms. The summed E-state index contributed by atoms with van der Waals surface area (Å²) in [7, 11) is 0. The van der Waals surface area contributed by atoms with Crippen LogP contribution in [0.3, 0.4) is 0 Å². The predicted octanol–water partition coefficient (Wildman–Crippen LogP) is 3.87. The third-order valence-electron chi connectivity index (χ3n) is 2.23. The van der Waals surface area contributed by atoms with E-state index in [-0.39, 0.29) is 12.4 Å². The largest absolute Gasteiger partial charge is 0.454 e. The van der Waals surface area contributed by atoms with Gasteiger partial charge in [-0.15, -0.1) is 0 Å². The lowest BCUT2D eigenvalue weighted by Gasteiger charge is -2.10. The van der Waals surface area contributed by atoms with E-state index in [2.05, 4.69) is 15.9 Å². The summed E-state index contributed by atoms with van der Waals surface area (Å²) in [6, 6.07) is 11.5. The predicted molar refractivity (Wildman–Crippen MR) is 66.5 cm³/mol.